The molecule has 1 saturated carbocycles. The van der Waals surface area contributed by atoms with E-state index in [-0.39, 0.29) is 17.6 Å². The number of rotatable bonds is 3. The molecule has 8 heteroatoms. The molecule has 0 bridgehead atoms. The van der Waals surface area contributed by atoms with E-state index in [4.69, 9.17) is 10.5 Å². The van der Waals surface area contributed by atoms with E-state index in [1.54, 1.807) is 4.68 Å². The highest BCUT2D eigenvalue weighted by atomic mass is 19.1. The molecule has 3 aromatic rings. The Morgan fingerprint density at radius 3 is 2.90 bits per heavy atom. The molecule has 1 aliphatic rings. The predicted octanol–water partition coefficient (Wildman–Crippen LogP) is 2.07. The van der Waals surface area contributed by atoms with Crippen molar-refractivity contribution in [3.05, 3.63) is 30.5 Å². The molecule has 7 nitrogen and oxygen atoms in total. The van der Waals surface area contributed by atoms with Crippen molar-refractivity contribution in [3.63, 3.8) is 0 Å². The zero-order chi connectivity index (χ0) is 14.4. The van der Waals surface area contributed by atoms with Crippen molar-refractivity contribution in [2.75, 3.05) is 5.73 Å². The van der Waals surface area contributed by atoms with Gasteiger partial charge in [0, 0.05) is 12.3 Å². The van der Waals surface area contributed by atoms with Gasteiger partial charge in [0.2, 0.25) is 5.88 Å². The number of ether oxygens (including phenoxy) is 1. The molecule has 0 amide bonds. The van der Waals surface area contributed by atoms with Gasteiger partial charge in [-0.25, -0.2) is 24.0 Å². The third-order valence-electron chi connectivity index (χ3n) is 3.28. The molecular weight excluding hydrogens is 275 g/mol. The number of nitrogen functional groups attached to an aromatic ring is 1. The number of pyridine rings is 1. The van der Waals surface area contributed by atoms with E-state index >= 15 is 0 Å². The van der Waals surface area contributed by atoms with Crippen LogP contribution in [0.25, 0.3) is 11.0 Å². The third-order valence-corrected chi connectivity index (χ3v) is 3.28. The summed E-state index contributed by atoms with van der Waals surface area (Å²) in [7, 11) is 0. The monoisotopic (exact) mass is 286 g/mol. The lowest BCUT2D eigenvalue weighted by molar-refractivity contribution is 0.431. The average Bonchev–Trinajstić information content (AvgIpc) is 3.23. The van der Waals surface area contributed by atoms with E-state index in [1.807, 2.05) is 0 Å². The number of halogens is 1. The highest BCUT2D eigenvalue weighted by Gasteiger charge is 2.29. The Balaban J connectivity index is 1.84. The first kappa shape index (κ1) is 12.0. The van der Waals surface area contributed by atoms with Crippen LogP contribution in [-0.4, -0.2) is 24.7 Å². The maximum absolute atomic E-state index is 13.2. The third kappa shape index (κ3) is 2.04. The van der Waals surface area contributed by atoms with Crippen LogP contribution in [0.5, 0.6) is 11.8 Å². The fourth-order valence-corrected chi connectivity index (χ4v) is 2.15. The van der Waals surface area contributed by atoms with Crippen molar-refractivity contribution in [3.8, 4) is 11.8 Å². The largest absolute Gasteiger partial charge is 0.418 e. The summed E-state index contributed by atoms with van der Waals surface area (Å²) in [6.45, 7) is 0. The molecule has 3 heterocycles. The molecule has 4 rings (SSSR count). The minimum Gasteiger partial charge on any atom is -0.418 e. The van der Waals surface area contributed by atoms with Crippen LogP contribution in [0.1, 0.15) is 18.9 Å². The van der Waals surface area contributed by atoms with Crippen molar-refractivity contribution in [1.29, 1.82) is 0 Å². The van der Waals surface area contributed by atoms with Crippen LogP contribution in [-0.2, 0) is 0 Å². The molecule has 21 heavy (non-hydrogen) atoms. The molecule has 0 radical (unpaired) electrons. The molecule has 1 aliphatic carbocycles. The van der Waals surface area contributed by atoms with E-state index in [9.17, 15) is 4.39 Å². The van der Waals surface area contributed by atoms with Crippen molar-refractivity contribution in [2.45, 2.75) is 18.9 Å². The van der Waals surface area contributed by atoms with Gasteiger partial charge in [-0.15, -0.1) is 5.10 Å². The Morgan fingerprint density at radius 1 is 1.29 bits per heavy atom. The van der Waals surface area contributed by atoms with Gasteiger partial charge in [0.05, 0.1) is 6.04 Å². The van der Waals surface area contributed by atoms with Crippen LogP contribution in [0.15, 0.2) is 24.7 Å². The smallest absolute Gasteiger partial charge is 0.253 e. The van der Waals surface area contributed by atoms with Gasteiger partial charge >= 0.3 is 0 Å². The van der Waals surface area contributed by atoms with Crippen molar-refractivity contribution in [1.82, 2.24) is 24.7 Å². The quantitative estimate of drug-likeness (QED) is 0.792. The van der Waals surface area contributed by atoms with Crippen LogP contribution in [0.4, 0.5) is 10.2 Å². The number of nitrogens with two attached hydrogens (primary N) is 1. The molecule has 1 fully saturated rings. The topological polar surface area (TPSA) is 91.7 Å². The lowest BCUT2D eigenvalue weighted by atomic mass is 10.4. The maximum atomic E-state index is 13.2. The standard InChI is InChI=1S/C13H11FN6O/c14-7-3-4-16-9(5-7)21-13-10-11(15)17-6-18-12(10)20(19-13)8-1-2-8/h3-6,8H,1-2H2,(H2,15,17,18). The summed E-state index contributed by atoms with van der Waals surface area (Å²) in [6.07, 6.45) is 4.80. The molecule has 2 N–H and O–H groups in total. The van der Waals surface area contributed by atoms with E-state index in [0.29, 0.717) is 17.1 Å². The molecule has 0 aromatic carbocycles. The SMILES string of the molecule is Nc1ncnc2c1c(Oc1cc(F)ccn1)nn2C1CC1. The Hall–Kier alpha value is -2.77. The van der Waals surface area contributed by atoms with Crippen LogP contribution < -0.4 is 10.5 Å². The summed E-state index contributed by atoms with van der Waals surface area (Å²) in [5.41, 5.74) is 6.52. The number of anilines is 1. The average molecular weight is 286 g/mol. The minimum absolute atomic E-state index is 0.112. The molecule has 0 atom stereocenters. The van der Waals surface area contributed by atoms with Gasteiger partial charge in [-0.05, 0) is 18.9 Å². The number of aromatic nitrogens is 5. The Labute approximate surface area is 118 Å². The summed E-state index contributed by atoms with van der Waals surface area (Å²) in [4.78, 5) is 12.1. The molecular formula is C13H11FN6O. The van der Waals surface area contributed by atoms with Gasteiger partial charge in [0.15, 0.2) is 5.65 Å². The van der Waals surface area contributed by atoms with Crippen LogP contribution in [0, 0.1) is 5.82 Å². The van der Waals surface area contributed by atoms with Crippen molar-refractivity contribution < 1.29 is 9.13 Å². The van der Waals surface area contributed by atoms with Gasteiger partial charge < -0.3 is 10.5 Å². The fourth-order valence-electron chi connectivity index (χ4n) is 2.15. The fraction of sp³-hybridized carbons (Fsp3) is 0.231. The zero-order valence-electron chi connectivity index (χ0n) is 10.9. The Bertz CT molecular complexity index is 829. The number of hydrogen-bond acceptors (Lipinski definition) is 6. The van der Waals surface area contributed by atoms with Crippen molar-refractivity contribution in [2.24, 2.45) is 0 Å². The Kier molecular flexibility index (Phi) is 2.50. The molecule has 3 aromatic heterocycles. The molecule has 0 saturated heterocycles. The lowest BCUT2D eigenvalue weighted by Crippen LogP contribution is -1.98. The summed E-state index contributed by atoms with van der Waals surface area (Å²) in [5, 5.41) is 4.91. The van der Waals surface area contributed by atoms with Gasteiger partial charge in [-0.2, -0.15) is 0 Å². The number of fused-ring (bicyclic) bond motifs is 1. The van der Waals surface area contributed by atoms with Crippen molar-refractivity contribution >= 4 is 16.9 Å². The first-order valence-electron chi connectivity index (χ1n) is 6.50. The zero-order valence-corrected chi connectivity index (χ0v) is 10.9. The maximum Gasteiger partial charge on any atom is 0.253 e. The summed E-state index contributed by atoms with van der Waals surface area (Å²) < 4.78 is 20.6. The number of hydrogen-bond donors (Lipinski definition) is 1. The Morgan fingerprint density at radius 2 is 2.14 bits per heavy atom. The summed E-state index contributed by atoms with van der Waals surface area (Å²) >= 11 is 0. The second kappa shape index (κ2) is 4.37. The van der Waals surface area contributed by atoms with Crippen LogP contribution >= 0.6 is 0 Å². The van der Waals surface area contributed by atoms with E-state index in [1.165, 1.54) is 24.7 Å². The first-order valence-corrected chi connectivity index (χ1v) is 6.50. The van der Waals surface area contributed by atoms with Gasteiger partial charge in [0.25, 0.3) is 5.88 Å². The van der Waals surface area contributed by atoms with Gasteiger partial charge in [-0.1, -0.05) is 0 Å². The van der Waals surface area contributed by atoms with Gasteiger partial charge in [-0.3, -0.25) is 0 Å². The van der Waals surface area contributed by atoms with E-state index in [0.717, 1.165) is 12.8 Å². The molecule has 0 unspecified atom stereocenters. The van der Waals surface area contributed by atoms with Crippen LogP contribution in [0.3, 0.4) is 0 Å². The van der Waals surface area contributed by atoms with E-state index in [2.05, 4.69) is 20.1 Å². The first-order chi connectivity index (χ1) is 10.2. The second-order valence-corrected chi connectivity index (χ2v) is 4.85. The summed E-state index contributed by atoms with van der Waals surface area (Å²) in [5.74, 6) is 0.196. The normalized spacial score (nSPS) is 14.5. The predicted molar refractivity (Wildman–Crippen MR) is 72.3 cm³/mol. The molecule has 0 aliphatic heterocycles. The lowest BCUT2D eigenvalue weighted by Gasteiger charge is -2.01. The van der Waals surface area contributed by atoms with Crippen LogP contribution in [0.2, 0.25) is 0 Å². The second-order valence-electron chi connectivity index (χ2n) is 4.85. The highest BCUT2D eigenvalue weighted by molar-refractivity contribution is 5.90. The molecule has 0 spiro atoms. The minimum atomic E-state index is -0.435. The summed E-state index contributed by atoms with van der Waals surface area (Å²) in [6, 6.07) is 2.73. The number of nitrogens with zero attached hydrogens (tertiary/aromatic N) is 5. The highest BCUT2D eigenvalue weighted by Crippen LogP contribution is 2.40. The molecule has 106 valence electrons. The van der Waals surface area contributed by atoms with E-state index < -0.39 is 5.82 Å². The van der Waals surface area contributed by atoms with Gasteiger partial charge in [0.1, 0.15) is 23.3 Å².